The van der Waals surface area contributed by atoms with Gasteiger partial charge in [0.1, 0.15) is 11.6 Å². The van der Waals surface area contributed by atoms with Crippen LogP contribution < -0.4 is 10.2 Å². The fourth-order valence-corrected chi connectivity index (χ4v) is 3.34. The van der Waals surface area contributed by atoms with Crippen LogP contribution in [0.3, 0.4) is 0 Å². The Labute approximate surface area is 175 Å². The normalized spacial score (nSPS) is 14.5. The summed E-state index contributed by atoms with van der Waals surface area (Å²) in [4.78, 5) is 14.3. The minimum atomic E-state index is -4.67. The molecule has 31 heavy (non-hydrogen) atoms. The Morgan fingerprint density at radius 1 is 1.00 bits per heavy atom. The van der Waals surface area contributed by atoms with Crippen LogP contribution in [0.1, 0.15) is 16.1 Å². The van der Waals surface area contributed by atoms with E-state index in [0.29, 0.717) is 32.0 Å². The van der Waals surface area contributed by atoms with Gasteiger partial charge in [0.05, 0.1) is 30.0 Å². The molecule has 1 aromatic heterocycles. The molecule has 0 saturated carbocycles. The number of anilines is 2. The molecule has 1 saturated heterocycles. The van der Waals surface area contributed by atoms with E-state index in [1.165, 1.54) is 42.5 Å². The first-order valence-corrected chi connectivity index (χ1v) is 9.53. The first-order chi connectivity index (χ1) is 14.8. The molecule has 0 radical (unpaired) electrons. The van der Waals surface area contributed by atoms with E-state index in [4.69, 9.17) is 9.15 Å². The van der Waals surface area contributed by atoms with Gasteiger partial charge in [0.15, 0.2) is 5.76 Å². The standard InChI is InChI=1S/C22H18F4N2O3/c23-17-4-2-1-3-15(17)19-7-8-20(31-19)21(29)27-18-6-5-14(13-16(18)22(24,25)26)28-9-11-30-12-10-28/h1-8,13H,9-12H2,(H,27,29). The van der Waals surface area contributed by atoms with Crippen molar-refractivity contribution >= 4 is 17.3 Å². The number of benzene rings is 2. The topological polar surface area (TPSA) is 54.7 Å². The summed E-state index contributed by atoms with van der Waals surface area (Å²) in [6, 6.07) is 12.2. The van der Waals surface area contributed by atoms with Gasteiger partial charge >= 0.3 is 6.18 Å². The maximum atomic E-state index is 13.9. The van der Waals surface area contributed by atoms with Crippen molar-refractivity contribution in [2.24, 2.45) is 0 Å². The number of nitrogens with zero attached hydrogens (tertiary/aromatic N) is 1. The van der Waals surface area contributed by atoms with Crippen molar-refractivity contribution in [1.29, 1.82) is 0 Å². The molecule has 0 spiro atoms. The predicted molar refractivity (Wildman–Crippen MR) is 107 cm³/mol. The van der Waals surface area contributed by atoms with Crippen molar-refractivity contribution < 1.29 is 31.5 Å². The van der Waals surface area contributed by atoms with Crippen LogP contribution in [0.4, 0.5) is 28.9 Å². The zero-order chi connectivity index (χ0) is 22.0. The van der Waals surface area contributed by atoms with Crippen LogP contribution in [0.15, 0.2) is 59.0 Å². The molecule has 0 bridgehead atoms. The van der Waals surface area contributed by atoms with Gasteiger partial charge in [-0.05, 0) is 42.5 Å². The lowest BCUT2D eigenvalue weighted by Gasteiger charge is -2.29. The number of carbonyl (C=O) groups excluding carboxylic acids is 1. The third-order valence-electron chi connectivity index (χ3n) is 4.90. The van der Waals surface area contributed by atoms with Gasteiger partial charge in [-0.25, -0.2) is 4.39 Å². The van der Waals surface area contributed by atoms with Gasteiger partial charge in [0.25, 0.3) is 5.91 Å². The third-order valence-corrected chi connectivity index (χ3v) is 4.90. The van der Waals surface area contributed by atoms with E-state index in [9.17, 15) is 22.4 Å². The molecule has 0 atom stereocenters. The molecule has 1 amide bonds. The number of amides is 1. The summed E-state index contributed by atoms with van der Waals surface area (Å²) in [5, 5.41) is 2.25. The minimum Gasteiger partial charge on any atom is -0.451 e. The Balaban J connectivity index is 1.58. The largest absolute Gasteiger partial charge is 0.451 e. The second kappa shape index (κ2) is 8.43. The number of hydrogen-bond acceptors (Lipinski definition) is 4. The van der Waals surface area contributed by atoms with E-state index in [-0.39, 0.29) is 17.1 Å². The van der Waals surface area contributed by atoms with Crippen LogP contribution in [0.5, 0.6) is 0 Å². The van der Waals surface area contributed by atoms with Gasteiger partial charge in [0, 0.05) is 18.8 Å². The van der Waals surface area contributed by atoms with Crippen molar-refractivity contribution in [3.8, 4) is 11.3 Å². The van der Waals surface area contributed by atoms with Gasteiger partial charge in [-0.15, -0.1) is 0 Å². The Morgan fingerprint density at radius 3 is 2.45 bits per heavy atom. The number of halogens is 4. The average molecular weight is 434 g/mol. The fourth-order valence-electron chi connectivity index (χ4n) is 3.34. The molecular formula is C22H18F4N2O3. The number of alkyl halides is 3. The van der Waals surface area contributed by atoms with Crippen LogP contribution in [-0.2, 0) is 10.9 Å². The number of ether oxygens (including phenoxy) is 1. The summed E-state index contributed by atoms with van der Waals surface area (Å²) in [5.74, 6) is -1.54. The number of nitrogens with one attached hydrogen (secondary N) is 1. The maximum Gasteiger partial charge on any atom is 0.418 e. The molecule has 1 N–H and O–H groups in total. The van der Waals surface area contributed by atoms with Crippen LogP contribution in [0, 0.1) is 5.82 Å². The van der Waals surface area contributed by atoms with Gasteiger partial charge < -0.3 is 19.4 Å². The zero-order valence-corrected chi connectivity index (χ0v) is 16.2. The maximum absolute atomic E-state index is 13.9. The minimum absolute atomic E-state index is 0.0990. The molecule has 1 aliphatic rings. The number of morpholine rings is 1. The van der Waals surface area contributed by atoms with E-state index in [1.807, 2.05) is 0 Å². The van der Waals surface area contributed by atoms with E-state index < -0.39 is 29.2 Å². The van der Waals surface area contributed by atoms with Crippen molar-refractivity contribution in [2.75, 3.05) is 36.5 Å². The summed E-state index contributed by atoms with van der Waals surface area (Å²) < 4.78 is 65.5. The third kappa shape index (κ3) is 4.56. The van der Waals surface area contributed by atoms with Gasteiger partial charge in [-0.1, -0.05) is 12.1 Å². The summed E-state index contributed by atoms with van der Waals surface area (Å²) in [6.07, 6.45) is -4.67. The summed E-state index contributed by atoms with van der Waals surface area (Å²) in [6.45, 7) is 1.83. The first-order valence-electron chi connectivity index (χ1n) is 9.53. The summed E-state index contributed by atoms with van der Waals surface area (Å²) in [5.41, 5.74) is -0.815. The van der Waals surface area contributed by atoms with Crippen LogP contribution in [0.2, 0.25) is 0 Å². The van der Waals surface area contributed by atoms with Gasteiger partial charge in [-0.3, -0.25) is 4.79 Å². The quantitative estimate of drug-likeness (QED) is 0.574. The second-order valence-electron chi connectivity index (χ2n) is 6.92. The Hall–Kier alpha value is -3.33. The van der Waals surface area contributed by atoms with Crippen LogP contribution >= 0.6 is 0 Å². The van der Waals surface area contributed by atoms with E-state index >= 15 is 0 Å². The molecule has 2 heterocycles. The second-order valence-corrected chi connectivity index (χ2v) is 6.92. The molecule has 5 nitrogen and oxygen atoms in total. The van der Waals surface area contributed by atoms with Crippen molar-refractivity contribution in [1.82, 2.24) is 0 Å². The molecule has 162 valence electrons. The lowest BCUT2D eigenvalue weighted by Crippen LogP contribution is -2.36. The molecule has 0 unspecified atom stereocenters. The summed E-state index contributed by atoms with van der Waals surface area (Å²) in [7, 11) is 0. The zero-order valence-electron chi connectivity index (χ0n) is 16.2. The summed E-state index contributed by atoms with van der Waals surface area (Å²) >= 11 is 0. The number of hydrogen-bond donors (Lipinski definition) is 1. The first kappa shape index (κ1) is 20.9. The lowest BCUT2D eigenvalue weighted by atomic mass is 10.1. The Kier molecular flexibility index (Phi) is 5.69. The number of carbonyl (C=O) groups is 1. The van der Waals surface area contributed by atoms with Gasteiger partial charge in [-0.2, -0.15) is 13.2 Å². The molecule has 4 rings (SSSR count). The monoisotopic (exact) mass is 434 g/mol. The predicted octanol–water partition coefficient (Wildman–Crippen LogP) is 5.19. The number of rotatable bonds is 4. The molecule has 9 heteroatoms. The van der Waals surface area contributed by atoms with Crippen LogP contribution in [0.25, 0.3) is 11.3 Å². The smallest absolute Gasteiger partial charge is 0.418 e. The highest BCUT2D eigenvalue weighted by Gasteiger charge is 2.35. The van der Waals surface area contributed by atoms with Crippen molar-refractivity contribution in [2.45, 2.75) is 6.18 Å². The lowest BCUT2D eigenvalue weighted by molar-refractivity contribution is -0.136. The van der Waals surface area contributed by atoms with Crippen molar-refractivity contribution in [3.05, 3.63) is 71.7 Å². The molecule has 1 fully saturated rings. The molecule has 1 aliphatic heterocycles. The molecular weight excluding hydrogens is 416 g/mol. The highest BCUT2D eigenvalue weighted by Crippen LogP contribution is 2.38. The van der Waals surface area contributed by atoms with Crippen LogP contribution in [-0.4, -0.2) is 32.2 Å². The Bertz CT molecular complexity index is 1090. The van der Waals surface area contributed by atoms with E-state index in [1.54, 1.807) is 11.0 Å². The highest BCUT2D eigenvalue weighted by atomic mass is 19.4. The molecule has 3 aromatic rings. The SMILES string of the molecule is O=C(Nc1ccc(N2CCOCC2)cc1C(F)(F)F)c1ccc(-c2ccccc2F)o1. The average Bonchev–Trinajstić information content (AvgIpc) is 3.24. The molecule has 0 aliphatic carbocycles. The molecule has 2 aromatic carbocycles. The number of furan rings is 1. The van der Waals surface area contributed by atoms with E-state index in [0.717, 1.165) is 6.07 Å². The van der Waals surface area contributed by atoms with E-state index in [2.05, 4.69) is 5.32 Å². The van der Waals surface area contributed by atoms with Gasteiger partial charge in [0.2, 0.25) is 0 Å². The highest BCUT2D eigenvalue weighted by molar-refractivity contribution is 6.03. The Morgan fingerprint density at radius 2 is 1.74 bits per heavy atom. The van der Waals surface area contributed by atoms with Crippen molar-refractivity contribution in [3.63, 3.8) is 0 Å². The fraction of sp³-hybridized carbons (Fsp3) is 0.227.